The Morgan fingerprint density at radius 3 is 1.85 bits per heavy atom. The molecule has 0 amide bonds. The third-order valence-electron chi connectivity index (χ3n) is 2.09. The fraction of sp³-hybridized carbons (Fsp3) is 0.857. The Morgan fingerprint density at radius 1 is 1.38 bits per heavy atom. The summed E-state index contributed by atoms with van der Waals surface area (Å²) in [6.45, 7) is 0.862. The van der Waals surface area contributed by atoms with Crippen LogP contribution in [0.1, 0.15) is 13.3 Å². The lowest BCUT2D eigenvalue weighted by molar-refractivity contribution is -0.223. The van der Waals surface area contributed by atoms with Crippen molar-refractivity contribution >= 4 is 5.97 Å². The number of hydrogen-bond acceptors (Lipinski definition) is 2. The van der Waals surface area contributed by atoms with Crippen LogP contribution < -0.4 is 0 Å². The SMILES string of the molecule is CN(C)C(C)(CC(=O)O)C(F)(F)F. The number of aliphatic carboxylic acids is 1. The topological polar surface area (TPSA) is 40.5 Å². The van der Waals surface area contributed by atoms with Gasteiger partial charge in [0.25, 0.3) is 0 Å². The molecule has 0 aromatic rings. The molecule has 0 rings (SSSR count). The third-order valence-corrected chi connectivity index (χ3v) is 2.09. The lowest BCUT2D eigenvalue weighted by Crippen LogP contribution is -2.54. The third kappa shape index (κ3) is 2.58. The molecule has 0 spiro atoms. The standard InChI is InChI=1S/C7H12F3NO2/c1-6(11(2)3,4-5(12)13)7(8,9)10/h4H2,1-3H3,(H,12,13). The van der Waals surface area contributed by atoms with E-state index in [0.29, 0.717) is 0 Å². The highest BCUT2D eigenvalue weighted by Crippen LogP contribution is 2.36. The van der Waals surface area contributed by atoms with Gasteiger partial charge in [0.2, 0.25) is 0 Å². The molecule has 0 aromatic heterocycles. The van der Waals surface area contributed by atoms with E-state index >= 15 is 0 Å². The second-order valence-electron chi connectivity index (χ2n) is 3.24. The van der Waals surface area contributed by atoms with E-state index < -0.39 is 24.1 Å². The molecule has 0 aliphatic rings. The molecular weight excluding hydrogens is 187 g/mol. The van der Waals surface area contributed by atoms with Crippen LogP contribution in [0.5, 0.6) is 0 Å². The van der Waals surface area contributed by atoms with Gasteiger partial charge in [0.15, 0.2) is 0 Å². The normalized spacial score (nSPS) is 17.2. The average Bonchev–Trinajstić information content (AvgIpc) is 1.82. The number of carboxylic acid groups (broad SMARTS) is 1. The summed E-state index contributed by atoms with van der Waals surface area (Å²) in [5.74, 6) is -1.46. The Bertz CT molecular complexity index is 202. The zero-order valence-corrected chi connectivity index (χ0v) is 7.64. The van der Waals surface area contributed by atoms with Crippen LogP contribution in [0.3, 0.4) is 0 Å². The summed E-state index contributed by atoms with van der Waals surface area (Å²) in [5, 5.41) is 8.33. The van der Waals surface area contributed by atoms with Crippen molar-refractivity contribution in [3.8, 4) is 0 Å². The highest BCUT2D eigenvalue weighted by molar-refractivity contribution is 5.68. The molecule has 0 heterocycles. The molecular formula is C7H12F3NO2. The van der Waals surface area contributed by atoms with Crippen LogP contribution in [-0.4, -0.2) is 41.8 Å². The van der Waals surface area contributed by atoms with Gasteiger partial charge in [-0.15, -0.1) is 0 Å². The molecule has 3 nitrogen and oxygen atoms in total. The molecule has 1 unspecified atom stereocenters. The van der Waals surface area contributed by atoms with Crippen LogP contribution in [-0.2, 0) is 4.79 Å². The molecule has 78 valence electrons. The highest BCUT2D eigenvalue weighted by atomic mass is 19.4. The predicted molar refractivity (Wildman–Crippen MR) is 40.4 cm³/mol. The lowest BCUT2D eigenvalue weighted by atomic mass is 9.96. The maximum atomic E-state index is 12.4. The van der Waals surface area contributed by atoms with E-state index in [-0.39, 0.29) is 0 Å². The van der Waals surface area contributed by atoms with E-state index in [1.165, 1.54) is 14.1 Å². The average molecular weight is 199 g/mol. The monoisotopic (exact) mass is 199 g/mol. The van der Waals surface area contributed by atoms with Crippen molar-refractivity contribution in [1.29, 1.82) is 0 Å². The van der Waals surface area contributed by atoms with Gasteiger partial charge < -0.3 is 5.11 Å². The molecule has 0 bridgehead atoms. The number of carboxylic acids is 1. The summed E-state index contributed by atoms with van der Waals surface area (Å²) in [4.78, 5) is 11.1. The molecule has 0 saturated heterocycles. The minimum Gasteiger partial charge on any atom is -0.481 e. The van der Waals surface area contributed by atoms with Crippen molar-refractivity contribution < 1.29 is 23.1 Å². The zero-order valence-electron chi connectivity index (χ0n) is 7.64. The molecule has 0 aliphatic carbocycles. The molecule has 1 N–H and O–H groups in total. The predicted octanol–water partition coefficient (Wildman–Crippen LogP) is 1.34. The van der Waals surface area contributed by atoms with Crippen LogP contribution in [0.4, 0.5) is 13.2 Å². The zero-order chi connectivity index (χ0) is 10.9. The Kier molecular flexibility index (Phi) is 3.32. The second-order valence-corrected chi connectivity index (χ2v) is 3.24. The second kappa shape index (κ2) is 3.53. The molecule has 1 atom stereocenters. The van der Waals surface area contributed by atoms with Gasteiger partial charge in [0, 0.05) is 0 Å². The van der Waals surface area contributed by atoms with E-state index in [2.05, 4.69) is 0 Å². The van der Waals surface area contributed by atoms with Gasteiger partial charge in [-0.1, -0.05) is 0 Å². The van der Waals surface area contributed by atoms with Gasteiger partial charge in [-0.05, 0) is 21.0 Å². The van der Waals surface area contributed by atoms with Crippen LogP contribution in [0, 0.1) is 0 Å². The largest absolute Gasteiger partial charge is 0.481 e. The molecule has 0 aliphatic heterocycles. The first-order valence-electron chi connectivity index (χ1n) is 3.57. The Labute approximate surface area is 74.1 Å². The molecule has 0 radical (unpaired) electrons. The number of halogens is 3. The van der Waals surface area contributed by atoms with Gasteiger partial charge in [-0.25, -0.2) is 0 Å². The van der Waals surface area contributed by atoms with Crippen LogP contribution in [0.25, 0.3) is 0 Å². The Balaban J connectivity index is 4.85. The molecule has 0 aromatic carbocycles. The van der Waals surface area contributed by atoms with Gasteiger partial charge in [0.1, 0.15) is 5.54 Å². The number of alkyl halides is 3. The van der Waals surface area contributed by atoms with Gasteiger partial charge >= 0.3 is 12.1 Å². The smallest absolute Gasteiger partial charge is 0.407 e. The van der Waals surface area contributed by atoms with Crippen molar-refractivity contribution in [2.75, 3.05) is 14.1 Å². The van der Waals surface area contributed by atoms with Crippen molar-refractivity contribution in [1.82, 2.24) is 4.90 Å². The van der Waals surface area contributed by atoms with Crippen LogP contribution in [0.15, 0.2) is 0 Å². The number of hydrogen-bond donors (Lipinski definition) is 1. The van der Waals surface area contributed by atoms with Crippen LogP contribution in [0.2, 0.25) is 0 Å². The van der Waals surface area contributed by atoms with Crippen molar-refractivity contribution in [2.45, 2.75) is 25.1 Å². The van der Waals surface area contributed by atoms with Crippen molar-refractivity contribution in [2.24, 2.45) is 0 Å². The minimum atomic E-state index is -4.55. The highest BCUT2D eigenvalue weighted by Gasteiger charge is 2.53. The molecule has 13 heavy (non-hydrogen) atoms. The summed E-state index contributed by atoms with van der Waals surface area (Å²) < 4.78 is 37.2. The Morgan fingerprint density at radius 2 is 1.77 bits per heavy atom. The first-order chi connectivity index (χ1) is 5.61. The summed E-state index contributed by atoms with van der Waals surface area (Å²) in [5.41, 5.74) is -2.31. The van der Waals surface area contributed by atoms with Gasteiger partial charge in [0.05, 0.1) is 6.42 Å². The lowest BCUT2D eigenvalue weighted by Gasteiger charge is -2.36. The maximum Gasteiger partial charge on any atom is 0.407 e. The van der Waals surface area contributed by atoms with E-state index in [1.54, 1.807) is 0 Å². The van der Waals surface area contributed by atoms with E-state index in [0.717, 1.165) is 11.8 Å². The maximum absolute atomic E-state index is 12.4. The summed E-state index contributed by atoms with van der Waals surface area (Å²) in [6.07, 6.45) is -5.50. The fourth-order valence-electron chi connectivity index (χ4n) is 0.806. The van der Waals surface area contributed by atoms with Crippen molar-refractivity contribution in [3.63, 3.8) is 0 Å². The Hall–Kier alpha value is -0.780. The van der Waals surface area contributed by atoms with Crippen molar-refractivity contribution in [3.05, 3.63) is 0 Å². The molecule has 0 fully saturated rings. The first-order valence-corrected chi connectivity index (χ1v) is 3.57. The summed E-state index contributed by atoms with van der Waals surface area (Å²) in [7, 11) is 2.41. The van der Waals surface area contributed by atoms with Crippen LogP contribution >= 0.6 is 0 Å². The quantitative estimate of drug-likeness (QED) is 0.745. The molecule has 0 saturated carbocycles. The number of rotatable bonds is 3. The first kappa shape index (κ1) is 12.2. The molecule has 6 heteroatoms. The summed E-state index contributed by atoms with van der Waals surface area (Å²) >= 11 is 0. The summed E-state index contributed by atoms with van der Waals surface area (Å²) in [6, 6.07) is 0. The van der Waals surface area contributed by atoms with E-state index in [1.807, 2.05) is 0 Å². The van der Waals surface area contributed by atoms with Gasteiger partial charge in [-0.3, -0.25) is 9.69 Å². The number of carbonyl (C=O) groups is 1. The minimum absolute atomic E-state index is 0.862. The van der Waals surface area contributed by atoms with E-state index in [4.69, 9.17) is 5.11 Å². The van der Waals surface area contributed by atoms with E-state index in [9.17, 15) is 18.0 Å². The fourth-order valence-corrected chi connectivity index (χ4v) is 0.806. The van der Waals surface area contributed by atoms with Gasteiger partial charge in [-0.2, -0.15) is 13.2 Å². The number of nitrogens with zero attached hydrogens (tertiary/aromatic N) is 1.